The maximum atomic E-state index is 12.5. The molecular formula is C19H27Cl2N3OS. The van der Waals surface area contributed by atoms with Gasteiger partial charge >= 0.3 is 6.03 Å². The summed E-state index contributed by atoms with van der Waals surface area (Å²) in [7, 11) is 0. The average molecular weight is 416 g/mol. The maximum Gasteiger partial charge on any atom is 0.321 e. The van der Waals surface area contributed by atoms with E-state index in [1.54, 1.807) is 18.2 Å². The predicted molar refractivity (Wildman–Crippen MR) is 113 cm³/mol. The lowest BCUT2D eigenvalue weighted by Crippen LogP contribution is -2.49. The van der Waals surface area contributed by atoms with Crippen LogP contribution in [0.4, 0.5) is 10.5 Å². The molecule has 1 aromatic carbocycles. The smallest absolute Gasteiger partial charge is 0.321 e. The van der Waals surface area contributed by atoms with Gasteiger partial charge in [0.1, 0.15) is 0 Å². The Morgan fingerprint density at radius 1 is 1.19 bits per heavy atom. The molecule has 144 valence electrons. The predicted octanol–water partition coefficient (Wildman–Crippen LogP) is 5.21. The van der Waals surface area contributed by atoms with Gasteiger partial charge in [0.05, 0.1) is 10.0 Å². The monoisotopic (exact) mass is 415 g/mol. The summed E-state index contributed by atoms with van der Waals surface area (Å²) < 4.78 is 0. The van der Waals surface area contributed by atoms with Crippen molar-refractivity contribution in [2.75, 3.05) is 36.5 Å². The molecule has 0 spiro atoms. The second-order valence-electron chi connectivity index (χ2n) is 6.97. The SMILES string of the molecule is CCSCC1CCCN1C1CCN(C(=O)Nc2ccc(Cl)c(Cl)c2)CC1. The third-order valence-electron chi connectivity index (χ3n) is 5.33. The molecule has 26 heavy (non-hydrogen) atoms. The summed E-state index contributed by atoms with van der Waals surface area (Å²) in [6.45, 7) is 5.06. The standard InChI is InChI=1S/C19H27Cl2N3OS/c1-2-26-13-16-4-3-9-24(16)15-7-10-23(11-8-15)19(25)22-14-5-6-17(20)18(21)12-14/h5-6,12,15-16H,2-4,7-11,13H2,1H3,(H,22,25). The Kier molecular flexibility index (Phi) is 7.38. The van der Waals surface area contributed by atoms with Crippen LogP contribution in [0.5, 0.6) is 0 Å². The van der Waals surface area contributed by atoms with Crippen molar-refractivity contribution >= 4 is 46.7 Å². The largest absolute Gasteiger partial charge is 0.324 e. The Balaban J connectivity index is 1.49. The topological polar surface area (TPSA) is 35.6 Å². The molecule has 3 rings (SSSR count). The summed E-state index contributed by atoms with van der Waals surface area (Å²) >= 11 is 14.0. The third-order valence-corrected chi connectivity index (χ3v) is 7.10. The molecule has 2 saturated heterocycles. The number of nitrogens with zero attached hydrogens (tertiary/aromatic N) is 2. The highest BCUT2D eigenvalue weighted by molar-refractivity contribution is 7.99. The molecule has 4 nitrogen and oxygen atoms in total. The number of carbonyl (C=O) groups is 1. The van der Waals surface area contributed by atoms with Crippen molar-refractivity contribution in [2.24, 2.45) is 0 Å². The molecule has 0 radical (unpaired) electrons. The van der Waals surface area contributed by atoms with Crippen LogP contribution < -0.4 is 5.32 Å². The lowest BCUT2D eigenvalue weighted by molar-refractivity contribution is 0.118. The van der Waals surface area contributed by atoms with Gasteiger partial charge in [0.15, 0.2) is 0 Å². The van der Waals surface area contributed by atoms with Crippen molar-refractivity contribution in [3.8, 4) is 0 Å². The van der Waals surface area contributed by atoms with E-state index in [0.29, 0.717) is 21.8 Å². The highest BCUT2D eigenvalue weighted by Crippen LogP contribution is 2.29. The van der Waals surface area contributed by atoms with Crippen LogP contribution in [0.15, 0.2) is 18.2 Å². The number of nitrogens with one attached hydrogen (secondary N) is 1. The molecule has 0 saturated carbocycles. The molecule has 2 heterocycles. The van der Waals surface area contributed by atoms with Crippen molar-refractivity contribution < 1.29 is 4.79 Å². The van der Waals surface area contributed by atoms with Gasteiger partial charge in [-0.3, -0.25) is 4.90 Å². The van der Waals surface area contributed by atoms with Crippen LogP contribution in [0.1, 0.15) is 32.6 Å². The second-order valence-corrected chi connectivity index (χ2v) is 9.10. The van der Waals surface area contributed by atoms with Crippen molar-refractivity contribution in [3.05, 3.63) is 28.2 Å². The molecule has 0 aromatic heterocycles. The Bertz CT molecular complexity index is 623. The number of thioether (sulfide) groups is 1. The van der Waals surface area contributed by atoms with E-state index in [0.717, 1.165) is 32.0 Å². The summed E-state index contributed by atoms with van der Waals surface area (Å²) in [6.07, 6.45) is 4.75. The number of likely N-dealkylation sites (tertiary alicyclic amines) is 2. The number of urea groups is 1. The van der Waals surface area contributed by atoms with E-state index < -0.39 is 0 Å². The van der Waals surface area contributed by atoms with Crippen LogP contribution in [-0.2, 0) is 0 Å². The minimum Gasteiger partial charge on any atom is -0.324 e. The summed E-state index contributed by atoms with van der Waals surface area (Å²) in [4.78, 5) is 17.1. The van der Waals surface area contributed by atoms with Crippen LogP contribution in [0.3, 0.4) is 0 Å². The molecule has 0 bridgehead atoms. The van der Waals surface area contributed by atoms with E-state index in [1.165, 1.54) is 30.9 Å². The Labute approximate surface area is 170 Å². The van der Waals surface area contributed by atoms with E-state index in [2.05, 4.69) is 17.1 Å². The van der Waals surface area contributed by atoms with Gasteiger partial charge in [0.2, 0.25) is 0 Å². The van der Waals surface area contributed by atoms with Gasteiger partial charge in [-0.15, -0.1) is 0 Å². The first-order chi connectivity index (χ1) is 12.6. The van der Waals surface area contributed by atoms with Crippen LogP contribution in [-0.4, -0.2) is 59.1 Å². The number of anilines is 1. The number of hydrogen-bond donors (Lipinski definition) is 1. The van der Waals surface area contributed by atoms with Crippen LogP contribution in [0.2, 0.25) is 10.0 Å². The number of carbonyl (C=O) groups excluding carboxylic acids is 1. The van der Waals surface area contributed by atoms with Crippen molar-refractivity contribution in [2.45, 2.75) is 44.7 Å². The van der Waals surface area contributed by atoms with Crippen molar-refractivity contribution in [1.29, 1.82) is 0 Å². The Morgan fingerprint density at radius 3 is 2.65 bits per heavy atom. The van der Waals surface area contributed by atoms with Crippen LogP contribution >= 0.6 is 35.0 Å². The van der Waals surface area contributed by atoms with E-state index >= 15 is 0 Å². The number of halogens is 2. The van der Waals surface area contributed by atoms with Gasteiger partial charge < -0.3 is 10.2 Å². The maximum absolute atomic E-state index is 12.5. The summed E-state index contributed by atoms with van der Waals surface area (Å²) in [5, 5.41) is 3.87. The van der Waals surface area contributed by atoms with Gasteiger partial charge in [-0.05, 0) is 56.2 Å². The van der Waals surface area contributed by atoms with E-state index in [9.17, 15) is 4.79 Å². The average Bonchev–Trinajstić information content (AvgIpc) is 3.11. The fourth-order valence-electron chi connectivity index (χ4n) is 3.95. The van der Waals surface area contributed by atoms with E-state index in [4.69, 9.17) is 23.2 Å². The Hall–Kier alpha value is -0.620. The van der Waals surface area contributed by atoms with Gasteiger partial charge in [-0.2, -0.15) is 11.8 Å². The molecule has 1 N–H and O–H groups in total. The minimum atomic E-state index is -0.0543. The molecule has 2 fully saturated rings. The zero-order chi connectivity index (χ0) is 18.5. The zero-order valence-electron chi connectivity index (χ0n) is 15.2. The normalized spacial score (nSPS) is 22.0. The quantitative estimate of drug-likeness (QED) is 0.716. The van der Waals surface area contributed by atoms with Crippen LogP contribution in [0.25, 0.3) is 0 Å². The first-order valence-corrected chi connectivity index (χ1v) is 11.3. The van der Waals surface area contributed by atoms with E-state index in [1.807, 2.05) is 16.7 Å². The van der Waals surface area contributed by atoms with Gasteiger partial charge in [-0.1, -0.05) is 30.1 Å². The van der Waals surface area contributed by atoms with Gasteiger partial charge in [0, 0.05) is 36.6 Å². The molecule has 2 aliphatic rings. The first-order valence-electron chi connectivity index (χ1n) is 9.43. The Morgan fingerprint density at radius 2 is 1.96 bits per heavy atom. The van der Waals surface area contributed by atoms with Crippen LogP contribution in [0, 0.1) is 0 Å². The minimum absolute atomic E-state index is 0.0543. The lowest BCUT2D eigenvalue weighted by atomic mass is 10.0. The molecular weight excluding hydrogens is 389 g/mol. The molecule has 1 aromatic rings. The summed E-state index contributed by atoms with van der Waals surface area (Å²) in [5.74, 6) is 2.44. The molecule has 1 atom stereocenters. The number of rotatable bonds is 5. The number of piperidine rings is 1. The zero-order valence-corrected chi connectivity index (χ0v) is 17.5. The molecule has 2 aliphatic heterocycles. The summed E-state index contributed by atoms with van der Waals surface area (Å²) in [5.41, 5.74) is 0.683. The third kappa shape index (κ3) is 5.00. The molecule has 0 aliphatic carbocycles. The fraction of sp³-hybridized carbons (Fsp3) is 0.632. The van der Waals surface area contributed by atoms with E-state index in [-0.39, 0.29) is 6.03 Å². The van der Waals surface area contributed by atoms with Gasteiger partial charge in [-0.25, -0.2) is 4.79 Å². The second kappa shape index (κ2) is 9.54. The highest BCUT2D eigenvalue weighted by Gasteiger charge is 2.33. The lowest BCUT2D eigenvalue weighted by Gasteiger charge is -2.39. The first kappa shape index (κ1) is 20.1. The fourth-order valence-corrected chi connectivity index (χ4v) is 5.11. The van der Waals surface area contributed by atoms with Crippen molar-refractivity contribution in [1.82, 2.24) is 9.80 Å². The number of hydrogen-bond acceptors (Lipinski definition) is 3. The highest BCUT2D eigenvalue weighted by atomic mass is 35.5. The van der Waals surface area contributed by atoms with Crippen molar-refractivity contribution in [3.63, 3.8) is 0 Å². The van der Waals surface area contributed by atoms with Gasteiger partial charge in [0.25, 0.3) is 0 Å². The summed E-state index contributed by atoms with van der Waals surface area (Å²) in [6, 6.07) is 6.46. The number of amides is 2. The number of benzene rings is 1. The molecule has 7 heteroatoms. The molecule has 1 unspecified atom stereocenters. The molecule has 2 amide bonds.